The van der Waals surface area contributed by atoms with Gasteiger partial charge in [-0.05, 0) is 35.7 Å². The molecule has 0 radical (unpaired) electrons. The number of nitrogens with one attached hydrogen (secondary N) is 1. The average molecular weight is 224 g/mol. The molecule has 74 valence electrons. The van der Waals surface area contributed by atoms with E-state index < -0.39 is 0 Å². The van der Waals surface area contributed by atoms with Crippen molar-refractivity contribution in [3.8, 4) is 0 Å². The Hall–Kier alpha value is -0.870. The van der Waals surface area contributed by atoms with Gasteiger partial charge >= 0.3 is 0 Å². The highest BCUT2D eigenvalue weighted by Crippen LogP contribution is 2.18. The molecule has 0 unspecified atom stereocenters. The first-order valence-electron chi connectivity index (χ1n) is 4.43. The van der Waals surface area contributed by atoms with Crippen molar-refractivity contribution in [2.75, 3.05) is 5.32 Å². The van der Waals surface area contributed by atoms with E-state index in [1.165, 1.54) is 11.1 Å². The lowest BCUT2D eigenvalue weighted by Crippen LogP contribution is -1.98. The van der Waals surface area contributed by atoms with E-state index in [1.54, 1.807) is 22.7 Å². The van der Waals surface area contributed by atoms with E-state index in [0.29, 0.717) is 0 Å². The van der Waals surface area contributed by atoms with Gasteiger partial charge in [-0.25, -0.2) is 4.98 Å². The van der Waals surface area contributed by atoms with Crippen molar-refractivity contribution in [3.63, 3.8) is 0 Å². The van der Waals surface area contributed by atoms with Gasteiger partial charge in [0.1, 0.15) is 0 Å². The van der Waals surface area contributed by atoms with E-state index in [1.807, 2.05) is 6.92 Å². The van der Waals surface area contributed by atoms with Crippen LogP contribution in [-0.2, 0) is 6.54 Å². The number of hydrogen-bond donors (Lipinski definition) is 1. The smallest absolute Gasteiger partial charge is 0.183 e. The zero-order valence-electron chi connectivity index (χ0n) is 8.20. The Morgan fingerprint density at radius 3 is 2.71 bits per heavy atom. The van der Waals surface area contributed by atoms with Crippen LogP contribution in [0.25, 0.3) is 0 Å². The average Bonchev–Trinajstić information content (AvgIpc) is 2.72. The van der Waals surface area contributed by atoms with Crippen LogP contribution in [0.5, 0.6) is 0 Å². The fourth-order valence-corrected chi connectivity index (χ4v) is 2.72. The van der Waals surface area contributed by atoms with Crippen molar-refractivity contribution in [2.45, 2.75) is 20.4 Å². The molecule has 0 bridgehead atoms. The predicted molar refractivity (Wildman–Crippen MR) is 63.2 cm³/mol. The van der Waals surface area contributed by atoms with Gasteiger partial charge in [0.15, 0.2) is 5.13 Å². The standard InChI is InChI=1S/C10H12N2S2/c1-7-4-13-6-9(7)3-11-10-12-8(2)5-14-10/h4-6H,3H2,1-2H3,(H,11,12). The van der Waals surface area contributed by atoms with Crippen LogP contribution < -0.4 is 5.32 Å². The third-order valence-corrected chi connectivity index (χ3v) is 3.84. The lowest BCUT2D eigenvalue weighted by molar-refractivity contribution is 1.11. The zero-order chi connectivity index (χ0) is 9.97. The number of aryl methyl sites for hydroxylation is 2. The van der Waals surface area contributed by atoms with Gasteiger partial charge < -0.3 is 5.32 Å². The molecule has 0 spiro atoms. The van der Waals surface area contributed by atoms with Crippen LogP contribution in [0.4, 0.5) is 5.13 Å². The molecule has 2 nitrogen and oxygen atoms in total. The van der Waals surface area contributed by atoms with Crippen LogP contribution >= 0.6 is 22.7 Å². The monoisotopic (exact) mass is 224 g/mol. The number of aromatic nitrogens is 1. The van der Waals surface area contributed by atoms with E-state index in [4.69, 9.17) is 0 Å². The summed E-state index contributed by atoms with van der Waals surface area (Å²) < 4.78 is 0. The Bertz CT molecular complexity index is 417. The third kappa shape index (κ3) is 2.13. The second kappa shape index (κ2) is 4.11. The normalized spacial score (nSPS) is 10.4. The van der Waals surface area contributed by atoms with E-state index in [0.717, 1.165) is 17.4 Å². The lowest BCUT2D eigenvalue weighted by atomic mass is 10.2. The van der Waals surface area contributed by atoms with Crippen molar-refractivity contribution in [3.05, 3.63) is 33.0 Å². The Balaban J connectivity index is 1.98. The largest absolute Gasteiger partial charge is 0.357 e. The van der Waals surface area contributed by atoms with Crippen LogP contribution in [0.3, 0.4) is 0 Å². The summed E-state index contributed by atoms with van der Waals surface area (Å²) >= 11 is 3.41. The number of nitrogens with zero attached hydrogens (tertiary/aromatic N) is 1. The molecule has 2 heterocycles. The summed E-state index contributed by atoms with van der Waals surface area (Å²) in [5.74, 6) is 0. The molecule has 2 rings (SSSR count). The van der Waals surface area contributed by atoms with Crippen LogP contribution in [0.1, 0.15) is 16.8 Å². The maximum atomic E-state index is 4.35. The Labute approximate surface area is 91.6 Å². The van der Waals surface area contributed by atoms with Gasteiger partial charge in [0.25, 0.3) is 0 Å². The first-order chi connectivity index (χ1) is 6.75. The quantitative estimate of drug-likeness (QED) is 0.864. The maximum absolute atomic E-state index is 4.35. The Morgan fingerprint density at radius 1 is 1.29 bits per heavy atom. The van der Waals surface area contributed by atoms with E-state index in [2.05, 4.69) is 33.4 Å². The summed E-state index contributed by atoms with van der Waals surface area (Å²) in [6, 6.07) is 0. The van der Waals surface area contributed by atoms with Gasteiger partial charge in [0, 0.05) is 11.9 Å². The molecule has 0 atom stereocenters. The highest BCUT2D eigenvalue weighted by Gasteiger charge is 2.01. The number of anilines is 1. The minimum Gasteiger partial charge on any atom is -0.357 e. The highest BCUT2D eigenvalue weighted by atomic mass is 32.1. The number of rotatable bonds is 3. The molecule has 0 saturated heterocycles. The van der Waals surface area contributed by atoms with Crippen molar-refractivity contribution < 1.29 is 0 Å². The predicted octanol–water partition coefficient (Wildman–Crippen LogP) is 3.43. The van der Waals surface area contributed by atoms with Gasteiger partial charge in [-0.1, -0.05) is 0 Å². The zero-order valence-corrected chi connectivity index (χ0v) is 9.84. The van der Waals surface area contributed by atoms with Gasteiger partial charge in [0.05, 0.1) is 5.69 Å². The highest BCUT2D eigenvalue weighted by molar-refractivity contribution is 7.13. The van der Waals surface area contributed by atoms with Crippen molar-refractivity contribution in [2.24, 2.45) is 0 Å². The summed E-state index contributed by atoms with van der Waals surface area (Å²) in [4.78, 5) is 4.35. The fraction of sp³-hybridized carbons (Fsp3) is 0.300. The second-order valence-electron chi connectivity index (χ2n) is 3.23. The van der Waals surface area contributed by atoms with Gasteiger partial charge in [-0.15, -0.1) is 11.3 Å². The molecular weight excluding hydrogens is 212 g/mol. The first kappa shape index (κ1) is 9.68. The molecule has 0 amide bonds. The van der Waals surface area contributed by atoms with Crippen molar-refractivity contribution in [1.82, 2.24) is 4.98 Å². The summed E-state index contributed by atoms with van der Waals surface area (Å²) in [6.07, 6.45) is 0. The molecule has 4 heteroatoms. The van der Waals surface area contributed by atoms with Crippen molar-refractivity contribution in [1.29, 1.82) is 0 Å². The summed E-state index contributed by atoms with van der Waals surface area (Å²) in [5, 5.41) is 10.7. The lowest BCUT2D eigenvalue weighted by Gasteiger charge is -2.01. The topological polar surface area (TPSA) is 24.9 Å². The molecule has 0 aliphatic heterocycles. The molecule has 1 N–H and O–H groups in total. The minimum atomic E-state index is 0.877. The fourth-order valence-electron chi connectivity index (χ4n) is 1.17. The minimum absolute atomic E-state index is 0.877. The summed E-state index contributed by atoms with van der Waals surface area (Å²) in [6.45, 7) is 5.03. The van der Waals surface area contributed by atoms with Crippen LogP contribution in [0, 0.1) is 13.8 Å². The number of thiazole rings is 1. The first-order valence-corrected chi connectivity index (χ1v) is 6.25. The second-order valence-corrected chi connectivity index (χ2v) is 4.83. The SMILES string of the molecule is Cc1csc(NCc2cscc2C)n1. The summed E-state index contributed by atoms with van der Waals surface area (Å²) in [5.41, 5.74) is 3.80. The van der Waals surface area contributed by atoms with Gasteiger partial charge in [-0.3, -0.25) is 0 Å². The van der Waals surface area contributed by atoms with E-state index in [-0.39, 0.29) is 0 Å². The van der Waals surface area contributed by atoms with E-state index >= 15 is 0 Å². The van der Waals surface area contributed by atoms with Crippen LogP contribution in [0.15, 0.2) is 16.1 Å². The molecule has 0 aromatic carbocycles. The Morgan fingerprint density at radius 2 is 2.14 bits per heavy atom. The van der Waals surface area contributed by atoms with E-state index in [9.17, 15) is 0 Å². The molecule has 0 aliphatic carbocycles. The number of thiophene rings is 1. The molecular formula is C10H12N2S2. The molecule has 14 heavy (non-hydrogen) atoms. The van der Waals surface area contributed by atoms with Gasteiger partial charge in [0.2, 0.25) is 0 Å². The maximum Gasteiger partial charge on any atom is 0.183 e. The van der Waals surface area contributed by atoms with Crippen LogP contribution in [0.2, 0.25) is 0 Å². The molecule has 0 saturated carbocycles. The van der Waals surface area contributed by atoms with Crippen molar-refractivity contribution >= 4 is 27.8 Å². The number of hydrogen-bond acceptors (Lipinski definition) is 4. The third-order valence-electron chi connectivity index (χ3n) is 2.01. The molecule has 2 aromatic rings. The molecule has 0 fully saturated rings. The van der Waals surface area contributed by atoms with Gasteiger partial charge in [-0.2, -0.15) is 11.3 Å². The molecule has 2 aromatic heterocycles. The van der Waals surface area contributed by atoms with Crippen LogP contribution in [-0.4, -0.2) is 4.98 Å². The Kier molecular flexibility index (Phi) is 2.84. The molecule has 0 aliphatic rings. The summed E-state index contributed by atoms with van der Waals surface area (Å²) in [7, 11) is 0.